The summed E-state index contributed by atoms with van der Waals surface area (Å²) in [5, 5.41) is 11.0. The van der Waals surface area contributed by atoms with Crippen molar-refractivity contribution in [1.29, 1.82) is 0 Å². The Morgan fingerprint density at radius 1 is 1.40 bits per heavy atom. The van der Waals surface area contributed by atoms with Crippen LogP contribution in [0.15, 0.2) is 0 Å². The summed E-state index contributed by atoms with van der Waals surface area (Å²) in [6, 6.07) is 0. The fraction of sp³-hybridized carbons (Fsp3) is 0.889. The number of nitrogens with zero attached hydrogens (tertiary/aromatic N) is 5. The van der Waals surface area contributed by atoms with Crippen molar-refractivity contribution in [2.24, 2.45) is 5.92 Å². The van der Waals surface area contributed by atoms with Gasteiger partial charge >= 0.3 is 0 Å². The van der Waals surface area contributed by atoms with Gasteiger partial charge in [0.25, 0.3) is 0 Å². The minimum atomic E-state index is 0.419. The Bertz CT molecular complexity index is 301. The molecule has 0 amide bonds. The third-order valence-electron chi connectivity index (χ3n) is 3.15. The number of likely N-dealkylation sites (tertiary alicyclic amines) is 1. The number of nitrogens with two attached hydrogens (primary N) is 1. The fourth-order valence-corrected chi connectivity index (χ4v) is 2.03. The van der Waals surface area contributed by atoms with Gasteiger partial charge in [-0.25, -0.2) is 4.68 Å². The molecule has 0 aromatic carbocycles. The number of hydrogen-bond donors (Lipinski definition) is 1. The molecule has 0 bridgehead atoms. The lowest BCUT2D eigenvalue weighted by Gasteiger charge is -2.28. The standard InChI is InChI=1S/C9H18N6/c1-14-5-2-8(3-6-14)4-7-15-9(10)11-12-13-15/h8H,2-7H2,1H3,(H2,10,11,13). The molecule has 6 nitrogen and oxygen atoms in total. The predicted molar refractivity (Wildman–Crippen MR) is 57.1 cm³/mol. The normalized spacial score (nSPS) is 19.5. The zero-order valence-electron chi connectivity index (χ0n) is 9.13. The van der Waals surface area contributed by atoms with Crippen LogP contribution in [0.4, 0.5) is 5.95 Å². The van der Waals surface area contributed by atoms with Gasteiger partial charge < -0.3 is 10.6 Å². The third kappa shape index (κ3) is 2.65. The van der Waals surface area contributed by atoms with Gasteiger partial charge in [0, 0.05) is 6.54 Å². The van der Waals surface area contributed by atoms with Crippen molar-refractivity contribution in [2.45, 2.75) is 25.8 Å². The van der Waals surface area contributed by atoms with Crippen LogP contribution in [0.2, 0.25) is 0 Å². The van der Waals surface area contributed by atoms with Gasteiger partial charge in [-0.1, -0.05) is 5.10 Å². The van der Waals surface area contributed by atoms with Crippen LogP contribution < -0.4 is 5.73 Å². The average Bonchev–Trinajstić information content (AvgIpc) is 2.63. The van der Waals surface area contributed by atoms with E-state index < -0.39 is 0 Å². The maximum Gasteiger partial charge on any atom is 0.240 e. The summed E-state index contributed by atoms with van der Waals surface area (Å²) in [7, 11) is 2.18. The molecule has 1 aromatic rings. The molecule has 15 heavy (non-hydrogen) atoms. The lowest BCUT2D eigenvalue weighted by atomic mass is 9.94. The molecule has 0 aliphatic carbocycles. The summed E-state index contributed by atoms with van der Waals surface area (Å²) < 4.78 is 1.68. The predicted octanol–water partition coefficient (Wildman–Crippen LogP) is -0.0128. The smallest absolute Gasteiger partial charge is 0.240 e. The van der Waals surface area contributed by atoms with Crippen molar-refractivity contribution in [1.82, 2.24) is 25.1 Å². The zero-order chi connectivity index (χ0) is 10.7. The van der Waals surface area contributed by atoms with Crippen molar-refractivity contribution in [3.63, 3.8) is 0 Å². The van der Waals surface area contributed by atoms with Gasteiger partial charge in [0.15, 0.2) is 0 Å². The summed E-state index contributed by atoms with van der Waals surface area (Å²) >= 11 is 0. The second kappa shape index (κ2) is 4.57. The number of tetrazole rings is 1. The molecule has 1 fully saturated rings. The van der Waals surface area contributed by atoms with E-state index in [1.54, 1.807) is 4.68 Å². The lowest BCUT2D eigenvalue weighted by Crippen LogP contribution is -2.30. The molecule has 0 atom stereocenters. The summed E-state index contributed by atoms with van der Waals surface area (Å²) in [4.78, 5) is 2.38. The van der Waals surface area contributed by atoms with Crippen LogP contribution >= 0.6 is 0 Å². The van der Waals surface area contributed by atoms with Gasteiger partial charge in [-0.15, -0.1) is 0 Å². The van der Waals surface area contributed by atoms with E-state index in [4.69, 9.17) is 5.73 Å². The molecule has 1 aliphatic rings. The highest BCUT2D eigenvalue weighted by Crippen LogP contribution is 2.20. The van der Waals surface area contributed by atoms with Gasteiger partial charge in [-0.2, -0.15) is 0 Å². The number of hydrogen-bond acceptors (Lipinski definition) is 5. The monoisotopic (exact) mass is 210 g/mol. The molecule has 0 unspecified atom stereocenters. The van der Waals surface area contributed by atoms with Crippen LogP contribution in [-0.2, 0) is 6.54 Å². The molecule has 1 saturated heterocycles. The largest absolute Gasteiger partial charge is 0.367 e. The lowest BCUT2D eigenvalue weighted by molar-refractivity contribution is 0.206. The minimum absolute atomic E-state index is 0.419. The highest BCUT2D eigenvalue weighted by molar-refractivity contribution is 5.09. The number of piperidine rings is 1. The molecule has 2 N–H and O–H groups in total. The Kier molecular flexibility index (Phi) is 3.15. The van der Waals surface area contributed by atoms with E-state index in [9.17, 15) is 0 Å². The number of aryl methyl sites for hydroxylation is 1. The molecule has 84 valence electrons. The van der Waals surface area contributed by atoms with Crippen molar-refractivity contribution < 1.29 is 0 Å². The van der Waals surface area contributed by atoms with E-state index in [-0.39, 0.29) is 0 Å². The molecule has 0 spiro atoms. The van der Waals surface area contributed by atoms with E-state index in [1.807, 2.05) is 0 Å². The zero-order valence-corrected chi connectivity index (χ0v) is 9.13. The summed E-state index contributed by atoms with van der Waals surface area (Å²) in [6.45, 7) is 3.25. The minimum Gasteiger partial charge on any atom is -0.367 e. The van der Waals surface area contributed by atoms with Gasteiger partial charge in [0.2, 0.25) is 5.95 Å². The Balaban J connectivity index is 1.77. The molecule has 2 rings (SSSR count). The maximum absolute atomic E-state index is 5.60. The highest BCUT2D eigenvalue weighted by Gasteiger charge is 2.16. The van der Waals surface area contributed by atoms with Crippen LogP contribution in [0, 0.1) is 5.92 Å². The second-order valence-corrected chi connectivity index (χ2v) is 4.30. The molecular weight excluding hydrogens is 192 g/mol. The summed E-state index contributed by atoms with van der Waals surface area (Å²) in [5.74, 6) is 1.22. The fourth-order valence-electron chi connectivity index (χ4n) is 2.03. The molecule has 0 radical (unpaired) electrons. The second-order valence-electron chi connectivity index (χ2n) is 4.30. The number of aromatic nitrogens is 4. The molecule has 1 aromatic heterocycles. The quantitative estimate of drug-likeness (QED) is 0.759. The van der Waals surface area contributed by atoms with Gasteiger partial charge in [-0.05, 0) is 55.7 Å². The summed E-state index contributed by atoms with van der Waals surface area (Å²) in [6.07, 6.45) is 3.68. The number of rotatable bonds is 3. The van der Waals surface area contributed by atoms with Crippen molar-refractivity contribution >= 4 is 5.95 Å². The van der Waals surface area contributed by atoms with Crippen LogP contribution in [-0.4, -0.2) is 45.2 Å². The topological polar surface area (TPSA) is 72.9 Å². The Labute approximate surface area is 89.4 Å². The van der Waals surface area contributed by atoms with Crippen LogP contribution in [0.3, 0.4) is 0 Å². The first-order valence-corrected chi connectivity index (χ1v) is 5.46. The average molecular weight is 210 g/mol. The maximum atomic E-state index is 5.60. The first kappa shape index (κ1) is 10.4. The highest BCUT2D eigenvalue weighted by atomic mass is 15.6. The van der Waals surface area contributed by atoms with E-state index in [0.29, 0.717) is 5.95 Å². The Morgan fingerprint density at radius 3 is 2.73 bits per heavy atom. The van der Waals surface area contributed by atoms with E-state index in [0.717, 1.165) is 18.9 Å². The third-order valence-corrected chi connectivity index (χ3v) is 3.15. The van der Waals surface area contributed by atoms with Gasteiger partial charge in [-0.3, -0.25) is 0 Å². The Morgan fingerprint density at radius 2 is 2.13 bits per heavy atom. The molecule has 0 saturated carbocycles. The summed E-state index contributed by atoms with van der Waals surface area (Å²) in [5.41, 5.74) is 5.60. The van der Waals surface area contributed by atoms with E-state index in [1.165, 1.54) is 25.9 Å². The SMILES string of the molecule is CN1CCC(CCn2nnnc2N)CC1. The van der Waals surface area contributed by atoms with E-state index in [2.05, 4.69) is 27.5 Å². The molecular formula is C9H18N6. The number of anilines is 1. The van der Waals surface area contributed by atoms with Crippen LogP contribution in [0.25, 0.3) is 0 Å². The van der Waals surface area contributed by atoms with Crippen LogP contribution in [0.5, 0.6) is 0 Å². The van der Waals surface area contributed by atoms with Crippen molar-refractivity contribution in [2.75, 3.05) is 25.9 Å². The van der Waals surface area contributed by atoms with E-state index >= 15 is 0 Å². The van der Waals surface area contributed by atoms with Crippen molar-refractivity contribution in [3.8, 4) is 0 Å². The number of nitrogen functional groups attached to an aromatic ring is 1. The molecule has 2 heterocycles. The first-order valence-electron chi connectivity index (χ1n) is 5.46. The molecule has 1 aliphatic heterocycles. The first-order chi connectivity index (χ1) is 7.25. The van der Waals surface area contributed by atoms with Gasteiger partial charge in [0.1, 0.15) is 0 Å². The Hall–Kier alpha value is -1.17. The van der Waals surface area contributed by atoms with Crippen LogP contribution in [0.1, 0.15) is 19.3 Å². The van der Waals surface area contributed by atoms with Crippen molar-refractivity contribution in [3.05, 3.63) is 0 Å². The molecule has 6 heteroatoms. The van der Waals surface area contributed by atoms with Gasteiger partial charge in [0.05, 0.1) is 0 Å².